The third-order valence-electron chi connectivity index (χ3n) is 9.95. The van der Waals surface area contributed by atoms with Crippen LogP contribution in [0, 0.1) is 0 Å². The molecule has 0 atom stereocenters. The summed E-state index contributed by atoms with van der Waals surface area (Å²) in [6.07, 6.45) is 33.5. The first-order valence-corrected chi connectivity index (χ1v) is 19.0. The zero-order valence-electron chi connectivity index (χ0n) is 29.9. The van der Waals surface area contributed by atoms with Gasteiger partial charge >= 0.3 is 0 Å². The summed E-state index contributed by atoms with van der Waals surface area (Å²) in [5.41, 5.74) is 4.87. The summed E-state index contributed by atoms with van der Waals surface area (Å²) in [4.78, 5) is 13.3. The molecule has 5 rings (SSSR count). The van der Waals surface area contributed by atoms with E-state index in [9.17, 15) is 9.90 Å². The molecule has 1 heterocycles. The van der Waals surface area contributed by atoms with Crippen LogP contribution in [-0.4, -0.2) is 29.7 Å². The Labute approximate surface area is 295 Å². The first-order chi connectivity index (χ1) is 24.1. The van der Waals surface area contributed by atoms with E-state index in [2.05, 4.69) is 18.5 Å². The molecule has 4 nitrogen and oxygen atoms in total. The van der Waals surface area contributed by atoms with Gasteiger partial charge in [0.1, 0.15) is 25.1 Å². The van der Waals surface area contributed by atoms with Gasteiger partial charge in [0, 0.05) is 40.8 Å². The van der Waals surface area contributed by atoms with Crippen molar-refractivity contribution in [3.63, 3.8) is 0 Å². The number of benzene rings is 2. The third-order valence-corrected chi connectivity index (χ3v) is 9.95. The predicted molar refractivity (Wildman–Crippen MR) is 202 cm³/mol. The normalized spacial score (nSPS) is 16.2. The van der Waals surface area contributed by atoms with E-state index in [0.29, 0.717) is 17.1 Å². The van der Waals surface area contributed by atoms with Crippen LogP contribution in [0.25, 0.3) is 11.3 Å². The molecule has 2 aromatic carbocycles. The van der Waals surface area contributed by atoms with Crippen LogP contribution in [-0.2, 0) is 4.79 Å². The molecule has 0 bridgehead atoms. The number of ketones is 1. The molecule has 0 radical (unpaired) electrons. The standard InChI is InChI=1S/C45H55NO3/c1-3-4-5-6-7-8-9-10-11-12-13-14-15-16-17-23-32-46(2)38-30-28-36(29-31-38)43-44(47)40(45(43)48)33-37-34-42(35-24-19-18-20-25-35)49-41-27-22-21-26-39(37)41/h18-22,24-31,33-34H,3-17,23,32H2,1-2H3/b37-33+. The van der Waals surface area contributed by atoms with Crippen molar-refractivity contribution in [2.45, 2.75) is 110 Å². The molecule has 0 aromatic heterocycles. The Bertz CT molecular complexity index is 1630. The van der Waals surface area contributed by atoms with Gasteiger partial charge < -0.3 is 9.84 Å². The molecule has 3 aliphatic rings. The number of rotatable bonds is 19. The highest BCUT2D eigenvalue weighted by Crippen LogP contribution is 2.40. The molecule has 0 amide bonds. The largest absolute Gasteiger partial charge is 0.871 e. The average molecular weight is 658 g/mol. The molecule has 2 aliphatic carbocycles. The lowest BCUT2D eigenvalue weighted by Crippen LogP contribution is -2.30. The number of para-hydroxylation sites is 1. The van der Waals surface area contributed by atoms with Gasteiger partial charge in [0.2, 0.25) is 0 Å². The van der Waals surface area contributed by atoms with Crippen molar-refractivity contribution in [3.8, 4) is 5.75 Å². The van der Waals surface area contributed by atoms with E-state index >= 15 is 0 Å². The van der Waals surface area contributed by atoms with Crippen LogP contribution in [0.3, 0.4) is 0 Å². The first-order valence-electron chi connectivity index (χ1n) is 19.0. The predicted octanol–water partition coefficient (Wildman–Crippen LogP) is 10.5. The first kappa shape index (κ1) is 36.1. The molecule has 258 valence electrons. The molecular formula is C45H55NO3. The number of carbonyl (C=O) groups is 1. The fourth-order valence-corrected chi connectivity index (χ4v) is 6.90. The van der Waals surface area contributed by atoms with Crippen molar-refractivity contribution >= 4 is 22.8 Å². The van der Waals surface area contributed by atoms with Gasteiger partial charge in [-0.05, 0) is 47.9 Å². The van der Waals surface area contributed by atoms with E-state index in [0.717, 1.165) is 29.0 Å². The fraction of sp³-hybridized carbons (Fsp3) is 0.422. The molecule has 0 saturated heterocycles. The summed E-state index contributed by atoms with van der Waals surface area (Å²) in [5, 5.41) is 13.3. The van der Waals surface area contributed by atoms with Crippen molar-refractivity contribution in [2.75, 3.05) is 13.6 Å². The lowest BCUT2D eigenvalue weighted by molar-refractivity contribution is -0.496. The Kier molecular flexibility index (Phi) is 14.1. The Balaban J connectivity index is 1.06. The minimum atomic E-state index is -0.203. The summed E-state index contributed by atoms with van der Waals surface area (Å²) >= 11 is 0. The number of ether oxygens (including phenoxy) is 1. The van der Waals surface area contributed by atoms with E-state index in [1.54, 1.807) is 6.08 Å². The number of hydrogen-bond acceptors (Lipinski definition) is 3. The number of hydrogen-bond donors (Lipinski definition) is 0. The molecule has 0 N–H and O–H groups in total. The van der Waals surface area contributed by atoms with Crippen molar-refractivity contribution in [1.29, 1.82) is 0 Å². The Hall–Kier alpha value is -4.18. The van der Waals surface area contributed by atoms with E-state index in [-0.39, 0.29) is 22.7 Å². The molecule has 0 saturated carbocycles. The number of nitrogens with zero attached hydrogens (tertiary/aromatic N) is 1. The van der Waals surface area contributed by atoms with E-state index in [1.807, 2.05) is 85.0 Å². The van der Waals surface area contributed by atoms with Gasteiger partial charge in [0.25, 0.3) is 0 Å². The van der Waals surface area contributed by atoms with Gasteiger partial charge in [-0.1, -0.05) is 151 Å². The van der Waals surface area contributed by atoms with E-state index < -0.39 is 0 Å². The second-order valence-electron chi connectivity index (χ2n) is 13.8. The van der Waals surface area contributed by atoms with Crippen LogP contribution in [0.1, 0.15) is 121 Å². The van der Waals surface area contributed by atoms with Gasteiger partial charge in [-0.2, -0.15) is 0 Å². The Morgan fingerprint density at radius 1 is 0.694 bits per heavy atom. The van der Waals surface area contributed by atoms with Crippen molar-refractivity contribution < 1.29 is 19.2 Å². The number of fused-ring (bicyclic) bond motifs is 1. The van der Waals surface area contributed by atoms with Gasteiger partial charge in [-0.15, -0.1) is 0 Å². The summed E-state index contributed by atoms with van der Waals surface area (Å²) in [7, 11) is 2.12. The summed E-state index contributed by atoms with van der Waals surface area (Å²) < 4.78 is 8.43. The zero-order valence-corrected chi connectivity index (χ0v) is 29.9. The Morgan fingerprint density at radius 2 is 1.24 bits per heavy atom. The van der Waals surface area contributed by atoms with Crippen LogP contribution >= 0.6 is 0 Å². The van der Waals surface area contributed by atoms with E-state index in [1.165, 1.54) is 103 Å². The molecule has 0 spiro atoms. The summed E-state index contributed by atoms with van der Waals surface area (Å²) in [6.45, 7) is 3.29. The molecular weight excluding hydrogens is 602 g/mol. The maximum Gasteiger partial charge on any atom is 0.199 e. The van der Waals surface area contributed by atoms with Crippen molar-refractivity contribution in [3.05, 3.63) is 125 Å². The van der Waals surface area contributed by atoms with Crippen LogP contribution in [0.2, 0.25) is 0 Å². The highest BCUT2D eigenvalue weighted by Gasteiger charge is 2.29. The summed E-state index contributed by atoms with van der Waals surface area (Å²) in [5.74, 6) is 0.989. The third kappa shape index (κ3) is 10.2. The SMILES string of the molecule is CCCCCCCCCCCCCCCCCC[N+](C)=C1C=CC(=C2C(=O)C(/C=C3\C=C(c4ccccc4)Oc4ccccc43)=C2[O-])C=C1. The minimum absolute atomic E-state index is 0.203. The molecule has 2 aromatic rings. The smallest absolute Gasteiger partial charge is 0.199 e. The van der Waals surface area contributed by atoms with Crippen molar-refractivity contribution in [1.82, 2.24) is 0 Å². The van der Waals surface area contributed by atoms with Crippen molar-refractivity contribution in [2.24, 2.45) is 0 Å². The van der Waals surface area contributed by atoms with Crippen LogP contribution in [0.4, 0.5) is 0 Å². The van der Waals surface area contributed by atoms with Crippen LogP contribution in [0.5, 0.6) is 5.75 Å². The lowest BCUT2D eigenvalue weighted by Gasteiger charge is -2.31. The van der Waals surface area contributed by atoms with Gasteiger partial charge in [-0.25, -0.2) is 4.58 Å². The monoisotopic (exact) mass is 657 g/mol. The zero-order chi connectivity index (χ0) is 34.3. The molecule has 49 heavy (non-hydrogen) atoms. The number of carbonyl (C=O) groups excluding carboxylic acids is 1. The number of Topliss-reactive ketones (excluding diaryl/α,β-unsaturated/α-hetero) is 1. The minimum Gasteiger partial charge on any atom is -0.871 e. The van der Waals surface area contributed by atoms with Gasteiger partial charge in [0.05, 0.1) is 0 Å². The number of allylic oxidation sites excluding steroid dienone is 10. The van der Waals surface area contributed by atoms with Crippen LogP contribution in [0.15, 0.2) is 114 Å². The Morgan fingerprint density at radius 3 is 1.84 bits per heavy atom. The number of unbranched alkanes of at least 4 members (excludes halogenated alkanes) is 15. The highest BCUT2D eigenvalue weighted by atomic mass is 16.5. The van der Waals surface area contributed by atoms with E-state index in [4.69, 9.17) is 4.74 Å². The molecule has 1 aliphatic heterocycles. The molecule has 0 fully saturated rings. The summed E-state index contributed by atoms with van der Waals surface area (Å²) in [6, 6.07) is 17.6. The maximum atomic E-state index is 13.3. The second-order valence-corrected chi connectivity index (χ2v) is 13.8. The van der Waals surface area contributed by atoms with Gasteiger partial charge in [0.15, 0.2) is 11.5 Å². The topological polar surface area (TPSA) is 52.4 Å². The van der Waals surface area contributed by atoms with Gasteiger partial charge in [-0.3, -0.25) is 4.79 Å². The van der Waals surface area contributed by atoms with Crippen LogP contribution < -0.4 is 9.84 Å². The average Bonchev–Trinajstić information content (AvgIpc) is 3.14. The maximum absolute atomic E-state index is 13.3. The lowest BCUT2D eigenvalue weighted by atomic mass is 9.81. The molecule has 4 heteroatoms. The molecule has 0 unspecified atom stereocenters. The highest BCUT2D eigenvalue weighted by molar-refractivity contribution is 6.23. The second kappa shape index (κ2) is 19.1. The fourth-order valence-electron chi connectivity index (χ4n) is 6.90. The quantitative estimate of drug-likeness (QED) is 0.0858.